The standard InChI is InChI=1S/C14H20N2/c1-2-4-12(5-3-1)10-16-7-6-13-8-15-9-14(13)11-16/h1-5,13-15H,6-11H2/t13-,14-/m0/s1. The third-order valence-corrected chi connectivity index (χ3v) is 4.04. The molecule has 0 aromatic heterocycles. The fourth-order valence-corrected chi connectivity index (χ4v) is 3.10. The topological polar surface area (TPSA) is 15.3 Å². The van der Waals surface area contributed by atoms with Crippen LogP contribution in [0.4, 0.5) is 0 Å². The van der Waals surface area contributed by atoms with E-state index in [1.165, 1.54) is 38.2 Å². The molecule has 1 N–H and O–H groups in total. The van der Waals surface area contributed by atoms with Gasteiger partial charge in [0.05, 0.1) is 0 Å². The zero-order valence-corrected chi connectivity index (χ0v) is 9.73. The van der Waals surface area contributed by atoms with E-state index < -0.39 is 0 Å². The molecule has 3 rings (SSSR count). The van der Waals surface area contributed by atoms with E-state index in [-0.39, 0.29) is 0 Å². The van der Waals surface area contributed by atoms with E-state index in [1.54, 1.807) is 0 Å². The molecule has 2 aliphatic rings. The van der Waals surface area contributed by atoms with Crippen molar-refractivity contribution < 1.29 is 0 Å². The number of hydrogen-bond acceptors (Lipinski definition) is 2. The van der Waals surface area contributed by atoms with Crippen LogP contribution in [0.5, 0.6) is 0 Å². The van der Waals surface area contributed by atoms with Gasteiger partial charge in [0, 0.05) is 13.1 Å². The second-order valence-electron chi connectivity index (χ2n) is 5.19. The van der Waals surface area contributed by atoms with Crippen LogP contribution in [0, 0.1) is 11.8 Å². The minimum atomic E-state index is 0.900. The molecule has 2 heteroatoms. The predicted molar refractivity (Wildman–Crippen MR) is 66.2 cm³/mol. The number of likely N-dealkylation sites (tertiary alicyclic amines) is 1. The smallest absolute Gasteiger partial charge is 0.0233 e. The third kappa shape index (κ3) is 2.13. The Labute approximate surface area is 97.6 Å². The summed E-state index contributed by atoms with van der Waals surface area (Å²) in [4.78, 5) is 2.61. The Kier molecular flexibility index (Phi) is 2.94. The van der Waals surface area contributed by atoms with Crippen molar-refractivity contribution in [3.63, 3.8) is 0 Å². The Balaban J connectivity index is 1.60. The summed E-state index contributed by atoms with van der Waals surface area (Å²) < 4.78 is 0. The van der Waals surface area contributed by atoms with Crippen LogP contribution in [0.1, 0.15) is 12.0 Å². The summed E-state index contributed by atoms with van der Waals surface area (Å²) in [7, 11) is 0. The molecule has 0 saturated carbocycles. The molecule has 2 fully saturated rings. The van der Waals surface area contributed by atoms with Crippen molar-refractivity contribution >= 4 is 0 Å². The monoisotopic (exact) mass is 216 g/mol. The minimum Gasteiger partial charge on any atom is -0.316 e. The van der Waals surface area contributed by atoms with Gasteiger partial charge in [0.2, 0.25) is 0 Å². The summed E-state index contributed by atoms with van der Waals surface area (Å²) >= 11 is 0. The molecule has 2 saturated heterocycles. The fourth-order valence-electron chi connectivity index (χ4n) is 3.10. The maximum absolute atomic E-state index is 3.52. The van der Waals surface area contributed by atoms with Crippen molar-refractivity contribution in [2.45, 2.75) is 13.0 Å². The van der Waals surface area contributed by atoms with Crippen LogP contribution >= 0.6 is 0 Å². The molecule has 2 aliphatic heterocycles. The van der Waals surface area contributed by atoms with Gasteiger partial charge in [0.1, 0.15) is 0 Å². The van der Waals surface area contributed by atoms with E-state index in [0.29, 0.717) is 0 Å². The lowest BCUT2D eigenvalue weighted by Gasteiger charge is -2.34. The van der Waals surface area contributed by atoms with Crippen LogP contribution in [-0.4, -0.2) is 31.1 Å². The first-order chi connectivity index (χ1) is 7.92. The first kappa shape index (κ1) is 10.3. The molecule has 16 heavy (non-hydrogen) atoms. The summed E-state index contributed by atoms with van der Waals surface area (Å²) in [6, 6.07) is 10.8. The lowest BCUT2D eigenvalue weighted by molar-refractivity contribution is 0.142. The lowest BCUT2D eigenvalue weighted by atomic mass is 9.88. The predicted octanol–water partition coefficient (Wildman–Crippen LogP) is 1.73. The molecule has 2 heterocycles. The summed E-state index contributed by atoms with van der Waals surface area (Å²) in [5.41, 5.74) is 1.45. The number of piperidine rings is 1. The van der Waals surface area contributed by atoms with Crippen molar-refractivity contribution in [1.82, 2.24) is 10.2 Å². The van der Waals surface area contributed by atoms with Gasteiger partial charge in [-0.2, -0.15) is 0 Å². The van der Waals surface area contributed by atoms with E-state index in [2.05, 4.69) is 40.5 Å². The average molecular weight is 216 g/mol. The molecule has 2 atom stereocenters. The van der Waals surface area contributed by atoms with E-state index in [4.69, 9.17) is 0 Å². The minimum absolute atomic E-state index is 0.900. The average Bonchev–Trinajstić information content (AvgIpc) is 2.77. The van der Waals surface area contributed by atoms with Crippen molar-refractivity contribution in [3.05, 3.63) is 35.9 Å². The Morgan fingerprint density at radius 1 is 1.12 bits per heavy atom. The van der Waals surface area contributed by atoms with Gasteiger partial charge < -0.3 is 5.32 Å². The van der Waals surface area contributed by atoms with Crippen LogP contribution < -0.4 is 5.32 Å². The van der Waals surface area contributed by atoms with Gasteiger partial charge in [0.25, 0.3) is 0 Å². The quantitative estimate of drug-likeness (QED) is 0.810. The summed E-state index contributed by atoms with van der Waals surface area (Å²) in [5.74, 6) is 1.85. The first-order valence-corrected chi connectivity index (χ1v) is 6.39. The van der Waals surface area contributed by atoms with Crippen LogP contribution in [0.25, 0.3) is 0 Å². The van der Waals surface area contributed by atoms with Crippen molar-refractivity contribution in [1.29, 1.82) is 0 Å². The molecule has 0 aliphatic carbocycles. The maximum atomic E-state index is 3.52. The Morgan fingerprint density at radius 3 is 2.81 bits per heavy atom. The van der Waals surface area contributed by atoms with Crippen LogP contribution in [0.3, 0.4) is 0 Å². The number of hydrogen-bond donors (Lipinski definition) is 1. The highest BCUT2D eigenvalue weighted by atomic mass is 15.1. The Bertz CT molecular complexity index is 336. The van der Waals surface area contributed by atoms with Gasteiger partial charge in [-0.1, -0.05) is 30.3 Å². The van der Waals surface area contributed by atoms with Gasteiger partial charge in [-0.15, -0.1) is 0 Å². The van der Waals surface area contributed by atoms with Crippen LogP contribution in [0.15, 0.2) is 30.3 Å². The molecular formula is C14H20N2. The summed E-state index contributed by atoms with van der Waals surface area (Å²) in [6.45, 7) is 6.17. The second kappa shape index (κ2) is 4.56. The lowest BCUT2D eigenvalue weighted by Crippen LogP contribution is -2.39. The Morgan fingerprint density at radius 2 is 1.94 bits per heavy atom. The van der Waals surface area contributed by atoms with Crippen molar-refractivity contribution in [3.8, 4) is 0 Å². The molecule has 0 radical (unpaired) electrons. The SMILES string of the molecule is c1ccc(CN2CC[C@H]3CNC[C@H]3C2)cc1. The van der Waals surface area contributed by atoms with E-state index in [0.717, 1.165) is 18.4 Å². The summed E-state index contributed by atoms with van der Waals surface area (Å²) in [5, 5.41) is 3.52. The highest BCUT2D eigenvalue weighted by molar-refractivity contribution is 5.14. The third-order valence-electron chi connectivity index (χ3n) is 4.04. The second-order valence-corrected chi connectivity index (χ2v) is 5.19. The number of fused-ring (bicyclic) bond motifs is 1. The molecule has 86 valence electrons. The van der Waals surface area contributed by atoms with E-state index >= 15 is 0 Å². The first-order valence-electron chi connectivity index (χ1n) is 6.39. The summed E-state index contributed by atoms with van der Waals surface area (Å²) in [6.07, 6.45) is 1.38. The number of benzene rings is 1. The van der Waals surface area contributed by atoms with Gasteiger partial charge in [-0.25, -0.2) is 0 Å². The molecule has 0 bridgehead atoms. The molecule has 0 amide bonds. The van der Waals surface area contributed by atoms with Crippen LogP contribution in [0.2, 0.25) is 0 Å². The molecule has 0 unspecified atom stereocenters. The van der Waals surface area contributed by atoms with E-state index in [1.807, 2.05) is 0 Å². The Hall–Kier alpha value is -0.860. The van der Waals surface area contributed by atoms with Gasteiger partial charge in [-0.3, -0.25) is 4.90 Å². The molecule has 0 spiro atoms. The molecule has 1 aromatic rings. The largest absolute Gasteiger partial charge is 0.316 e. The number of nitrogens with one attached hydrogen (secondary N) is 1. The van der Waals surface area contributed by atoms with E-state index in [9.17, 15) is 0 Å². The fraction of sp³-hybridized carbons (Fsp3) is 0.571. The van der Waals surface area contributed by atoms with Gasteiger partial charge >= 0.3 is 0 Å². The molecule has 1 aromatic carbocycles. The number of rotatable bonds is 2. The van der Waals surface area contributed by atoms with Gasteiger partial charge in [0.15, 0.2) is 0 Å². The molecule has 2 nitrogen and oxygen atoms in total. The van der Waals surface area contributed by atoms with Crippen molar-refractivity contribution in [2.24, 2.45) is 11.8 Å². The van der Waals surface area contributed by atoms with Crippen molar-refractivity contribution in [2.75, 3.05) is 26.2 Å². The van der Waals surface area contributed by atoms with Crippen LogP contribution in [-0.2, 0) is 6.54 Å². The zero-order chi connectivity index (χ0) is 10.8. The maximum Gasteiger partial charge on any atom is 0.0233 e. The normalized spacial score (nSPS) is 30.2. The highest BCUT2D eigenvalue weighted by Crippen LogP contribution is 2.27. The highest BCUT2D eigenvalue weighted by Gasteiger charge is 2.32. The molecular weight excluding hydrogens is 196 g/mol. The zero-order valence-electron chi connectivity index (χ0n) is 9.73. The van der Waals surface area contributed by atoms with Gasteiger partial charge in [-0.05, 0) is 43.5 Å². The number of nitrogens with zero attached hydrogens (tertiary/aromatic N) is 1.